The van der Waals surface area contributed by atoms with Gasteiger partial charge in [0.25, 0.3) is 0 Å². The third-order valence-electron chi connectivity index (χ3n) is 4.22. The van der Waals surface area contributed by atoms with E-state index in [1.807, 2.05) is 25.3 Å². The van der Waals surface area contributed by atoms with Crippen molar-refractivity contribution in [3.05, 3.63) is 47.5 Å². The van der Waals surface area contributed by atoms with Gasteiger partial charge in [0.05, 0.1) is 24.0 Å². The van der Waals surface area contributed by atoms with Gasteiger partial charge in [0.15, 0.2) is 5.78 Å². The SMILES string of the molecule is CC(=O)c1cnc(N2CCC[C@@H](OCc3cccnc3)C2)nc1C. The van der Waals surface area contributed by atoms with E-state index in [2.05, 4.69) is 19.9 Å². The van der Waals surface area contributed by atoms with E-state index in [0.717, 1.165) is 37.2 Å². The van der Waals surface area contributed by atoms with E-state index >= 15 is 0 Å². The number of nitrogens with zero attached hydrogens (tertiary/aromatic N) is 4. The number of ether oxygens (including phenoxy) is 1. The van der Waals surface area contributed by atoms with Crippen LogP contribution >= 0.6 is 0 Å². The van der Waals surface area contributed by atoms with Crippen molar-refractivity contribution in [2.24, 2.45) is 0 Å². The van der Waals surface area contributed by atoms with Crippen molar-refractivity contribution in [2.75, 3.05) is 18.0 Å². The average molecular weight is 326 g/mol. The summed E-state index contributed by atoms with van der Waals surface area (Å²) in [6.07, 6.45) is 7.43. The molecule has 3 heterocycles. The summed E-state index contributed by atoms with van der Waals surface area (Å²) in [5.74, 6) is 0.669. The lowest BCUT2D eigenvalue weighted by Crippen LogP contribution is -2.40. The standard InChI is InChI=1S/C18H22N4O2/c1-13-17(14(2)23)10-20-18(21-13)22-8-4-6-16(11-22)24-12-15-5-3-7-19-9-15/h3,5,7,9-10,16H,4,6,8,11-12H2,1-2H3/t16-/m1/s1. The normalized spacial score (nSPS) is 17.8. The smallest absolute Gasteiger partial charge is 0.225 e. The lowest BCUT2D eigenvalue weighted by Gasteiger charge is -2.32. The Hall–Kier alpha value is -2.34. The van der Waals surface area contributed by atoms with E-state index in [9.17, 15) is 4.79 Å². The second-order valence-corrected chi connectivity index (χ2v) is 6.11. The fraction of sp³-hybridized carbons (Fsp3) is 0.444. The van der Waals surface area contributed by atoms with Gasteiger partial charge >= 0.3 is 0 Å². The Labute approximate surface area is 141 Å². The van der Waals surface area contributed by atoms with E-state index < -0.39 is 0 Å². The molecule has 6 heteroatoms. The molecule has 2 aromatic heterocycles. The minimum atomic E-state index is -0.00428. The number of aromatic nitrogens is 3. The molecular formula is C18H22N4O2. The number of carbonyl (C=O) groups is 1. The van der Waals surface area contributed by atoms with Crippen LogP contribution in [-0.4, -0.2) is 39.9 Å². The first kappa shape index (κ1) is 16.5. The highest BCUT2D eigenvalue weighted by Gasteiger charge is 2.23. The van der Waals surface area contributed by atoms with Crippen LogP contribution in [-0.2, 0) is 11.3 Å². The highest BCUT2D eigenvalue weighted by molar-refractivity contribution is 5.94. The zero-order valence-electron chi connectivity index (χ0n) is 14.1. The van der Waals surface area contributed by atoms with Crippen LogP contribution in [0.1, 0.15) is 41.4 Å². The molecule has 3 rings (SSSR count). The largest absolute Gasteiger partial charge is 0.372 e. The summed E-state index contributed by atoms with van der Waals surface area (Å²) in [7, 11) is 0. The van der Waals surface area contributed by atoms with Crippen LogP contribution in [0.25, 0.3) is 0 Å². The van der Waals surface area contributed by atoms with Crippen molar-refractivity contribution >= 4 is 11.7 Å². The second kappa shape index (κ2) is 7.49. The number of anilines is 1. The van der Waals surface area contributed by atoms with Crippen LogP contribution in [0, 0.1) is 6.92 Å². The lowest BCUT2D eigenvalue weighted by molar-refractivity contribution is 0.0311. The van der Waals surface area contributed by atoms with Crippen molar-refractivity contribution in [3.63, 3.8) is 0 Å². The van der Waals surface area contributed by atoms with Crippen LogP contribution in [0.15, 0.2) is 30.7 Å². The Morgan fingerprint density at radius 3 is 3.00 bits per heavy atom. The fourth-order valence-electron chi connectivity index (χ4n) is 2.91. The summed E-state index contributed by atoms with van der Waals surface area (Å²) in [6.45, 7) is 5.62. The number of piperidine rings is 1. The second-order valence-electron chi connectivity index (χ2n) is 6.11. The summed E-state index contributed by atoms with van der Waals surface area (Å²) in [5.41, 5.74) is 2.39. The first-order valence-electron chi connectivity index (χ1n) is 8.23. The lowest BCUT2D eigenvalue weighted by atomic mass is 10.1. The Bertz CT molecular complexity index is 705. The highest BCUT2D eigenvalue weighted by Crippen LogP contribution is 2.20. The molecule has 0 unspecified atom stereocenters. The molecule has 0 aromatic carbocycles. The molecule has 1 fully saturated rings. The number of pyridine rings is 1. The van der Waals surface area contributed by atoms with Gasteiger partial charge in [-0.3, -0.25) is 9.78 Å². The number of carbonyl (C=O) groups excluding carboxylic acids is 1. The molecule has 0 aliphatic carbocycles. The molecule has 0 saturated carbocycles. The predicted octanol–water partition coefficient (Wildman–Crippen LogP) is 2.57. The Kier molecular flexibility index (Phi) is 5.15. The van der Waals surface area contributed by atoms with Gasteiger partial charge < -0.3 is 9.64 Å². The third kappa shape index (κ3) is 3.94. The van der Waals surface area contributed by atoms with Crippen molar-refractivity contribution in [1.29, 1.82) is 0 Å². The molecule has 1 saturated heterocycles. The van der Waals surface area contributed by atoms with Gasteiger partial charge in [-0.15, -0.1) is 0 Å². The van der Waals surface area contributed by atoms with Crippen molar-refractivity contribution < 1.29 is 9.53 Å². The predicted molar refractivity (Wildman–Crippen MR) is 91.0 cm³/mol. The molecule has 126 valence electrons. The first-order valence-corrected chi connectivity index (χ1v) is 8.23. The number of Topliss-reactive ketones (excluding diaryl/α,β-unsaturated/α-hetero) is 1. The first-order chi connectivity index (χ1) is 11.6. The summed E-state index contributed by atoms with van der Waals surface area (Å²) in [6, 6.07) is 3.93. The molecule has 1 aliphatic heterocycles. The van der Waals surface area contributed by atoms with E-state index in [0.29, 0.717) is 18.1 Å². The van der Waals surface area contributed by atoms with Crippen LogP contribution in [0.5, 0.6) is 0 Å². The zero-order valence-corrected chi connectivity index (χ0v) is 14.1. The van der Waals surface area contributed by atoms with Crippen molar-refractivity contribution in [2.45, 2.75) is 39.4 Å². The molecular weight excluding hydrogens is 304 g/mol. The summed E-state index contributed by atoms with van der Waals surface area (Å²) >= 11 is 0. The summed E-state index contributed by atoms with van der Waals surface area (Å²) in [5, 5.41) is 0. The minimum Gasteiger partial charge on any atom is -0.372 e. The van der Waals surface area contributed by atoms with Gasteiger partial charge in [-0.05, 0) is 38.3 Å². The van der Waals surface area contributed by atoms with Gasteiger partial charge in [-0.2, -0.15) is 0 Å². The van der Waals surface area contributed by atoms with E-state index in [4.69, 9.17) is 4.74 Å². The molecule has 0 amide bonds. The average Bonchev–Trinajstić information content (AvgIpc) is 2.61. The Morgan fingerprint density at radius 2 is 2.29 bits per heavy atom. The van der Waals surface area contributed by atoms with Gasteiger partial charge in [-0.1, -0.05) is 6.07 Å². The van der Waals surface area contributed by atoms with Crippen LogP contribution < -0.4 is 4.90 Å². The summed E-state index contributed by atoms with van der Waals surface area (Å²) in [4.78, 5) is 26.6. The molecule has 1 aliphatic rings. The Morgan fingerprint density at radius 1 is 1.42 bits per heavy atom. The number of hydrogen-bond donors (Lipinski definition) is 0. The molecule has 6 nitrogen and oxygen atoms in total. The zero-order chi connectivity index (χ0) is 16.9. The molecule has 0 N–H and O–H groups in total. The summed E-state index contributed by atoms with van der Waals surface area (Å²) < 4.78 is 6.02. The van der Waals surface area contributed by atoms with Crippen molar-refractivity contribution in [3.8, 4) is 0 Å². The van der Waals surface area contributed by atoms with E-state index in [1.54, 1.807) is 12.4 Å². The Balaban J connectivity index is 1.63. The van der Waals surface area contributed by atoms with Crippen molar-refractivity contribution in [1.82, 2.24) is 15.0 Å². The quantitative estimate of drug-likeness (QED) is 0.787. The third-order valence-corrected chi connectivity index (χ3v) is 4.22. The maximum atomic E-state index is 11.5. The van der Waals surface area contributed by atoms with Gasteiger partial charge in [-0.25, -0.2) is 9.97 Å². The van der Waals surface area contributed by atoms with E-state index in [1.165, 1.54) is 6.92 Å². The number of aryl methyl sites for hydroxylation is 1. The van der Waals surface area contributed by atoms with Crippen LogP contribution in [0.4, 0.5) is 5.95 Å². The molecule has 0 bridgehead atoms. The topological polar surface area (TPSA) is 68.2 Å². The number of rotatable bonds is 5. The van der Waals surface area contributed by atoms with Gasteiger partial charge in [0.2, 0.25) is 5.95 Å². The van der Waals surface area contributed by atoms with E-state index in [-0.39, 0.29) is 11.9 Å². The molecule has 0 radical (unpaired) electrons. The molecule has 0 spiro atoms. The maximum Gasteiger partial charge on any atom is 0.225 e. The molecule has 24 heavy (non-hydrogen) atoms. The number of hydrogen-bond acceptors (Lipinski definition) is 6. The molecule has 1 atom stereocenters. The molecule has 2 aromatic rings. The van der Waals surface area contributed by atoms with Gasteiger partial charge in [0.1, 0.15) is 0 Å². The minimum absolute atomic E-state index is 0.00428. The fourth-order valence-corrected chi connectivity index (χ4v) is 2.91. The highest BCUT2D eigenvalue weighted by atomic mass is 16.5. The number of ketones is 1. The monoisotopic (exact) mass is 326 g/mol. The van der Waals surface area contributed by atoms with Crippen LogP contribution in [0.2, 0.25) is 0 Å². The van der Waals surface area contributed by atoms with Gasteiger partial charge in [0, 0.05) is 31.7 Å². The van der Waals surface area contributed by atoms with Crippen LogP contribution in [0.3, 0.4) is 0 Å². The maximum absolute atomic E-state index is 11.5.